The van der Waals surface area contributed by atoms with E-state index in [9.17, 15) is 5.26 Å². The van der Waals surface area contributed by atoms with E-state index < -0.39 is 5.54 Å². The highest BCUT2D eigenvalue weighted by Gasteiger charge is 2.29. The van der Waals surface area contributed by atoms with Crippen molar-refractivity contribution in [3.05, 3.63) is 35.9 Å². The number of aliphatic hydroxyl groups is 1. The molecule has 0 fully saturated rings. The number of benzene rings is 1. The molecule has 0 saturated carbocycles. The summed E-state index contributed by atoms with van der Waals surface area (Å²) in [7, 11) is 1.83. The number of nitriles is 1. The maximum Gasteiger partial charge on any atom is 0.132 e. The zero-order valence-corrected chi connectivity index (χ0v) is 11.5. The Hall–Kier alpha value is -1.02. The van der Waals surface area contributed by atoms with Crippen molar-refractivity contribution in [3.8, 4) is 6.07 Å². The third-order valence-electron chi connectivity index (χ3n) is 2.95. The van der Waals surface area contributed by atoms with E-state index in [1.54, 1.807) is 11.8 Å². The fourth-order valence-electron chi connectivity index (χ4n) is 1.81. The van der Waals surface area contributed by atoms with Crippen LogP contribution in [0, 0.1) is 11.3 Å². The first-order valence-electron chi connectivity index (χ1n) is 6.13. The van der Waals surface area contributed by atoms with Crippen LogP contribution in [0.4, 0.5) is 0 Å². The second-order valence-electron chi connectivity index (χ2n) is 4.07. The average Bonchev–Trinajstić information content (AvgIpc) is 2.44. The van der Waals surface area contributed by atoms with Gasteiger partial charge in [-0.15, -0.1) is 0 Å². The maximum atomic E-state index is 9.47. The Kier molecular flexibility index (Phi) is 6.81. The van der Waals surface area contributed by atoms with E-state index in [0.29, 0.717) is 0 Å². The lowest BCUT2D eigenvalue weighted by molar-refractivity contribution is 0.296. The van der Waals surface area contributed by atoms with Crippen LogP contribution in [0.3, 0.4) is 0 Å². The molecule has 1 aromatic carbocycles. The Labute approximate surface area is 113 Å². The molecule has 0 heterocycles. The Balaban J connectivity index is 2.62. The minimum Gasteiger partial charge on any atom is -0.396 e. The maximum absolute atomic E-state index is 9.47. The summed E-state index contributed by atoms with van der Waals surface area (Å²) in [6.07, 6.45) is 1.58. The first-order chi connectivity index (χ1) is 8.79. The largest absolute Gasteiger partial charge is 0.396 e. The molecule has 0 aliphatic carbocycles. The van der Waals surface area contributed by atoms with E-state index in [4.69, 9.17) is 5.11 Å². The molecule has 1 atom stereocenters. The zero-order valence-electron chi connectivity index (χ0n) is 10.7. The smallest absolute Gasteiger partial charge is 0.132 e. The molecular formula is C14H20N2OS. The van der Waals surface area contributed by atoms with Crippen LogP contribution in [-0.2, 0) is 5.54 Å². The van der Waals surface area contributed by atoms with E-state index in [1.807, 2.05) is 37.4 Å². The molecule has 0 radical (unpaired) electrons. The topological polar surface area (TPSA) is 56.0 Å². The Morgan fingerprint density at radius 1 is 1.33 bits per heavy atom. The van der Waals surface area contributed by atoms with Gasteiger partial charge in [-0.05, 0) is 37.0 Å². The van der Waals surface area contributed by atoms with Crippen LogP contribution in [0.15, 0.2) is 30.3 Å². The van der Waals surface area contributed by atoms with Gasteiger partial charge in [0.05, 0.1) is 6.07 Å². The SMILES string of the molecule is CNC(C#N)(CCSCCCO)c1ccccc1. The number of aliphatic hydroxyl groups excluding tert-OH is 1. The molecule has 0 saturated heterocycles. The zero-order chi connectivity index (χ0) is 13.3. The molecule has 0 aliphatic rings. The molecule has 4 heteroatoms. The quantitative estimate of drug-likeness (QED) is 0.706. The molecular weight excluding hydrogens is 244 g/mol. The second-order valence-corrected chi connectivity index (χ2v) is 5.30. The fraction of sp³-hybridized carbons (Fsp3) is 0.500. The molecule has 1 rings (SSSR count). The van der Waals surface area contributed by atoms with Gasteiger partial charge in [-0.1, -0.05) is 30.3 Å². The highest BCUT2D eigenvalue weighted by atomic mass is 32.2. The van der Waals surface area contributed by atoms with E-state index >= 15 is 0 Å². The van der Waals surface area contributed by atoms with E-state index in [-0.39, 0.29) is 6.61 Å². The minimum atomic E-state index is -0.604. The van der Waals surface area contributed by atoms with Crippen LogP contribution >= 0.6 is 11.8 Å². The molecule has 98 valence electrons. The highest BCUT2D eigenvalue weighted by Crippen LogP contribution is 2.25. The van der Waals surface area contributed by atoms with Gasteiger partial charge in [0.1, 0.15) is 5.54 Å². The molecule has 0 aliphatic heterocycles. The Morgan fingerprint density at radius 3 is 2.61 bits per heavy atom. The van der Waals surface area contributed by atoms with Crippen molar-refractivity contribution in [1.82, 2.24) is 5.32 Å². The first kappa shape index (κ1) is 15.0. The third kappa shape index (κ3) is 4.02. The number of rotatable bonds is 8. The third-order valence-corrected chi connectivity index (χ3v) is 4.02. The summed E-state index contributed by atoms with van der Waals surface area (Å²) in [5.41, 5.74) is 0.408. The van der Waals surface area contributed by atoms with Crippen molar-refractivity contribution < 1.29 is 5.11 Å². The molecule has 3 nitrogen and oxygen atoms in total. The highest BCUT2D eigenvalue weighted by molar-refractivity contribution is 7.99. The van der Waals surface area contributed by atoms with Crippen molar-refractivity contribution in [3.63, 3.8) is 0 Å². The number of hydrogen-bond acceptors (Lipinski definition) is 4. The molecule has 18 heavy (non-hydrogen) atoms. The fourth-order valence-corrected chi connectivity index (χ4v) is 2.79. The summed E-state index contributed by atoms with van der Waals surface area (Å²) >= 11 is 1.78. The van der Waals surface area contributed by atoms with E-state index in [0.717, 1.165) is 29.9 Å². The van der Waals surface area contributed by atoms with Crippen LogP contribution in [0.25, 0.3) is 0 Å². The predicted octanol–water partition coefficient (Wildman–Crippen LogP) is 2.13. The van der Waals surface area contributed by atoms with Gasteiger partial charge in [-0.25, -0.2) is 0 Å². The molecule has 1 aromatic rings. The van der Waals surface area contributed by atoms with Gasteiger partial charge in [0.15, 0.2) is 0 Å². The van der Waals surface area contributed by atoms with Crippen molar-refractivity contribution in [2.75, 3.05) is 25.2 Å². The van der Waals surface area contributed by atoms with Crippen molar-refractivity contribution in [2.45, 2.75) is 18.4 Å². The normalized spacial score (nSPS) is 13.8. The summed E-state index contributed by atoms with van der Waals surface area (Å²) < 4.78 is 0. The minimum absolute atomic E-state index is 0.237. The lowest BCUT2D eigenvalue weighted by atomic mass is 9.89. The molecule has 0 spiro atoms. The number of nitrogens with zero attached hydrogens (tertiary/aromatic N) is 1. The number of thioether (sulfide) groups is 1. The molecule has 0 aromatic heterocycles. The number of hydrogen-bond donors (Lipinski definition) is 2. The summed E-state index contributed by atoms with van der Waals surface area (Å²) in [6.45, 7) is 0.237. The summed E-state index contributed by atoms with van der Waals surface area (Å²) in [4.78, 5) is 0. The first-order valence-corrected chi connectivity index (χ1v) is 7.29. The average molecular weight is 264 g/mol. The molecule has 0 bridgehead atoms. The van der Waals surface area contributed by atoms with E-state index in [1.165, 1.54) is 0 Å². The van der Waals surface area contributed by atoms with Gasteiger partial charge in [0.25, 0.3) is 0 Å². The van der Waals surface area contributed by atoms with Gasteiger partial charge in [0, 0.05) is 6.61 Å². The second kappa shape index (κ2) is 8.15. The Morgan fingerprint density at radius 2 is 2.06 bits per heavy atom. The van der Waals surface area contributed by atoms with Crippen LogP contribution in [0.1, 0.15) is 18.4 Å². The monoisotopic (exact) mass is 264 g/mol. The van der Waals surface area contributed by atoms with Gasteiger partial charge in [-0.2, -0.15) is 17.0 Å². The van der Waals surface area contributed by atoms with Gasteiger partial charge < -0.3 is 5.11 Å². The van der Waals surface area contributed by atoms with Gasteiger partial charge in [0.2, 0.25) is 0 Å². The van der Waals surface area contributed by atoms with Crippen LogP contribution in [0.2, 0.25) is 0 Å². The Bertz CT molecular complexity index is 377. The molecule has 1 unspecified atom stereocenters. The van der Waals surface area contributed by atoms with Crippen molar-refractivity contribution in [1.29, 1.82) is 5.26 Å². The number of nitrogens with one attached hydrogen (secondary N) is 1. The van der Waals surface area contributed by atoms with Crippen LogP contribution in [0.5, 0.6) is 0 Å². The van der Waals surface area contributed by atoms with Crippen molar-refractivity contribution >= 4 is 11.8 Å². The van der Waals surface area contributed by atoms with Crippen molar-refractivity contribution in [2.24, 2.45) is 0 Å². The summed E-state index contributed by atoms with van der Waals surface area (Å²) in [6, 6.07) is 12.2. The summed E-state index contributed by atoms with van der Waals surface area (Å²) in [5.74, 6) is 1.85. The van der Waals surface area contributed by atoms with Gasteiger partial charge >= 0.3 is 0 Å². The van der Waals surface area contributed by atoms with Gasteiger partial charge in [-0.3, -0.25) is 5.32 Å². The van der Waals surface area contributed by atoms with Crippen LogP contribution < -0.4 is 5.32 Å². The predicted molar refractivity (Wildman–Crippen MR) is 76.4 cm³/mol. The lowest BCUT2D eigenvalue weighted by Gasteiger charge is -2.26. The van der Waals surface area contributed by atoms with E-state index in [2.05, 4.69) is 11.4 Å². The summed E-state index contributed by atoms with van der Waals surface area (Å²) in [5, 5.41) is 21.3. The van der Waals surface area contributed by atoms with Crippen LogP contribution in [-0.4, -0.2) is 30.3 Å². The molecule has 2 N–H and O–H groups in total. The lowest BCUT2D eigenvalue weighted by Crippen LogP contribution is -2.39. The standard InChI is InChI=1S/C14H20N2OS/c1-16-14(12-15,8-11-18-10-5-9-17)13-6-3-2-4-7-13/h2-4,6-7,16-17H,5,8-11H2,1H3. The molecule has 0 amide bonds.